The number of carbonyl (C=O) groups is 1. The number of anilines is 1. The van der Waals surface area contributed by atoms with Crippen molar-refractivity contribution in [1.29, 1.82) is 0 Å². The van der Waals surface area contributed by atoms with Crippen molar-refractivity contribution in [2.24, 2.45) is 0 Å². The molecule has 1 aliphatic heterocycles. The molecule has 17 heavy (non-hydrogen) atoms. The van der Waals surface area contributed by atoms with Crippen LogP contribution < -0.4 is 4.90 Å². The van der Waals surface area contributed by atoms with Gasteiger partial charge in [0.2, 0.25) is 5.95 Å². The number of aliphatic carboxylic acids is 1. The van der Waals surface area contributed by atoms with Crippen LogP contribution in [-0.2, 0) is 11.3 Å². The Hall–Kier alpha value is -2.04. The van der Waals surface area contributed by atoms with E-state index in [1.165, 1.54) is 0 Å². The van der Waals surface area contributed by atoms with E-state index in [4.69, 9.17) is 5.11 Å². The van der Waals surface area contributed by atoms with E-state index in [1.54, 1.807) is 0 Å². The number of aryl methyl sites for hydroxylation is 1. The maximum Gasteiger partial charge on any atom is 0.323 e. The van der Waals surface area contributed by atoms with Crippen molar-refractivity contribution >= 4 is 23.0 Å². The van der Waals surface area contributed by atoms with E-state index < -0.39 is 5.97 Å². The van der Waals surface area contributed by atoms with Crippen molar-refractivity contribution in [3.05, 3.63) is 24.3 Å². The lowest BCUT2D eigenvalue weighted by Gasteiger charge is -2.27. The van der Waals surface area contributed by atoms with Gasteiger partial charge >= 0.3 is 5.97 Å². The number of carboxylic acids is 1. The van der Waals surface area contributed by atoms with Crippen molar-refractivity contribution in [1.82, 2.24) is 9.55 Å². The molecular weight excluding hydrogens is 218 g/mol. The summed E-state index contributed by atoms with van der Waals surface area (Å²) in [5, 5.41) is 8.89. The first-order valence-corrected chi connectivity index (χ1v) is 5.68. The van der Waals surface area contributed by atoms with Gasteiger partial charge < -0.3 is 14.6 Å². The summed E-state index contributed by atoms with van der Waals surface area (Å²) in [5.41, 5.74) is 2.01. The maximum absolute atomic E-state index is 10.8. The summed E-state index contributed by atoms with van der Waals surface area (Å²) >= 11 is 0. The molecule has 1 aromatic carbocycles. The Bertz CT molecular complexity index is 576. The predicted octanol–water partition coefficient (Wildman–Crippen LogP) is 1.33. The third-order valence-electron chi connectivity index (χ3n) is 3.05. The molecular formula is C12H13N3O2. The van der Waals surface area contributed by atoms with Crippen molar-refractivity contribution < 1.29 is 9.90 Å². The van der Waals surface area contributed by atoms with Gasteiger partial charge in [-0.15, -0.1) is 0 Å². The number of fused-ring (bicyclic) bond motifs is 3. The minimum Gasteiger partial charge on any atom is -0.480 e. The first kappa shape index (κ1) is 10.1. The van der Waals surface area contributed by atoms with Crippen LogP contribution in [0.2, 0.25) is 0 Å². The minimum absolute atomic E-state index is 0.0172. The first-order chi connectivity index (χ1) is 8.25. The third-order valence-corrected chi connectivity index (χ3v) is 3.05. The standard InChI is InChI=1S/C12H13N3O2/c16-11(17)8-14-6-3-7-15-10-5-2-1-4-9(10)13-12(14)15/h1-2,4-5H,3,6-8H2,(H,16,17). The molecule has 1 N–H and O–H groups in total. The normalized spacial score (nSPS) is 14.9. The van der Waals surface area contributed by atoms with Crippen molar-refractivity contribution in [3.63, 3.8) is 0 Å². The number of hydrogen-bond acceptors (Lipinski definition) is 3. The van der Waals surface area contributed by atoms with Gasteiger partial charge in [0.1, 0.15) is 6.54 Å². The maximum atomic E-state index is 10.8. The Morgan fingerprint density at radius 2 is 2.18 bits per heavy atom. The van der Waals surface area contributed by atoms with Gasteiger partial charge in [-0.2, -0.15) is 0 Å². The monoisotopic (exact) mass is 231 g/mol. The molecule has 2 aromatic rings. The van der Waals surface area contributed by atoms with Gasteiger partial charge in [0, 0.05) is 13.1 Å². The average Bonchev–Trinajstić information content (AvgIpc) is 2.68. The van der Waals surface area contributed by atoms with E-state index in [0.29, 0.717) is 0 Å². The largest absolute Gasteiger partial charge is 0.480 e. The van der Waals surface area contributed by atoms with E-state index in [2.05, 4.69) is 9.55 Å². The number of aromatic nitrogens is 2. The van der Waals surface area contributed by atoms with Crippen molar-refractivity contribution in [3.8, 4) is 0 Å². The van der Waals surface area contributed by atoms with Gasteiger partial charge in [0.15, 0.2) is 0 Å². The lowest BCUT2D eigenvalue weighted by molar-refractivity contribution is -0.135. The van der Waals surface area contributed by atoms with E-state index in [1.807, 2.05) is 29.2 Å². The van der Waals surface area contributed by atoms with Gasteiger partial charge in [-0.25, -0.2) is 4.98 Å². The molecule has 3 rings (SSSR count). The number of carboxylic acid groups (broad SMARTS) is 1. The van der Waals surface area contributed by atoms with Crippen molar-refractivity contribution in [2.45, 2.75) is 13.0 Å². The van der Waals surface area contributed by atoms with Crippen LogP contribution in [0.25, 0.3) is 11.0 Å². The highest BCUT2D eigenvalue weighted by atomic mass is 16.4. The highest BCUT2D eigenvalue weighted by Gasteiger charge is 2.22. The number of imidazole rings is 1. The molecule has 1 aliphatic rings. The number of hydrogen-bond donors (Lipinski definition) is 1. The summed E-state index contributed by atoms with van der Waals surface area (Å²) in [5.74, 6) is -0.0367. The molecule has 5 heteroatoms. The van der Waals surface area contributed by atoms with Gasteiger partial charge in [-0.3, -0.25) is 4.79 Å². The molecule has 0 spiro atoms. The molecule has 88 valence electrons. The zero-order valence-corrected chi connectivity index (χ0v) is 9.33. The Morgan fingerprint density at radius 1 is 1.35 bits per heavy atom. The van der Waals surface area contributed by atoms with Crippen LogP contribution >= 0.6 is 0 Å². The summed E-state index contributed by atoms with van der Waals surface area (Å²) < 4.78 is 2.10. The van der Waals surface area contributed by atoms with Gasteiger partial charge in [-0.05, 0) is 18.6 Å². The molecule has 1 aromatic heterocycles. The average molecular weight is 231 g/mol. The first-order valence-electron chi connectivity index (χ1n) is 5.68. The van der Waals surface area contributed by atoms with Gasteiger partial charge in [0.25, 0.3) is 0 Å². The fourth-order valence-electron chi connectivity index (χ4n) is 2.36. The lowest BCUT2D eigenvalue weighted by Crippen LogP contribution is -2.36. The number of rotatable bonds is 2. The fourth-order valence-corrected chi connectivity index (χ4v) is 2.36. The topological polar surface area (TPSA) is 58.4 Å². The summed E-state index contributed by atoms with van der Waals surface area (Å²) in [7, 11) is 0. The molecule has 0 unspecified atom stereocenters. The third kappa shape index (κ3) is 1.63. The molecule has 5 nitrogen and oxygen atoms in total. The number of nitrogens with zero attached hydrogens (tertiary/aromatic N) is 3. The highest BCUT2D eigenvalue weighted by Crippen LogP contribution is 2.26. The molecule has 0 saturated carbocycles. The van der Waals surface area contributed by atoms with E-state index in [9.17, 15) is 4.79 Å². The van der Waals surface area contributed by atoms with E-state index in [-0.39, 0.29) is 6.54 Å². The zero-order valence-electron chi connectivity index (χ0n) is 9.33. The van der Waals surface area contributed by atoms with E-state index >= 15 is 0 Å². The van der Waals surface area contributed by atoms with Crippen LogP contribution in [-0.4, -0.2) is 33.7 Å². The molecule has 0 bridgehead atoms. The molecule has 0 amide bonds. The molecule has 0 fully saturated rings. The van der Waals surface area contributed by atoms with Crippen LogP contribution in [0.3, 0.4) is 0 Å². The minimum atomic E-state index is -0.814. The fraction of sp³-hybridized carbons (Fsp3) is 0.333. The molecule has 0 atom stereocenters. The second-order valence-corrected chi connectivity index (χ2v) is 4.22. The summed E-state index contributed by atoms with van der Waals surface area (Å²) in [6, 6.07) is 7.91. The Balaban J connectivity index is 2.10. The van der Waals surface area contributed by atoms with Crippen LogP contribution in [0.5, 0.6) is 0 Å². The highest BCUT2D eigenvalue weighted by molar-refractivity contribution is 5.80. The second kappa shape index (κ2) is 3.76. The molecule has 0 saturated heterocycles. The van der Waals surface area contributed by atoms with Gasteiger partial charge in [-0.1, -0.05) is 12.1 Å². The predicted molar refractivity (Wildman–Crippen MR) is 64.2 cm³/mol. The SMILES string of the molecule is O=C(O)CN1CCCn2c1nc1ccccc12. The summed E-state index contributed by atoms with van der Waals surface area (Å²) in [6.45, 7) is 1.69. The lowest BCUT2D eigenvalue weighted by atomic mass is 10.3. The van der Waals surface area contributed by atoms with Crippen LogP contribution in [0.4, 0.5) is 5.95 Å². The number of para-hydroxylation sites is 2. The van der Waals surface area contributed by atoms with Crippen LogP contribution in [0.15, 0.2) is 24.3 Å². The quantitative estimate of drug-likeness (QED) is 0.847. The van der Waals surface area contributed by atoms with Crippen LogP contribution in [0.1, 0.15) is 6.42 Å². The summed E-state index contributed by atoms with van der Waals surface area (Å²) in [4.78, 5) is 17.2. The molecule has 0 aliphatic carbocycles. The van der Waals surface area contributed by atoms with Gasteiger partial charge in [0.05, 0.1) is 11.0 Å². The van der Waals surface area contributed by atoms with Crippen LogP contribution in [0, 0.1) is 0 Å². The Labute approximate surface area is 98.3 Å². The Kier molecular flexibility index (Phi) is 2.24. The smallest absolute Gasteiger partial charge is 0.323 e. The Morgan fingerprint density at radius 3 is 3.00 bits per heavy atom. The number of benzene rings is 1. The molecule has 2 heterocycles. The second-order valence-electron chi connectivity index (χ2n) is 4.22. The zero-order chi connectivity index (χ0) is 11.8. The molecule has 0 radical (unpaired) electrons. The summed E-state index contributed by atoms with van der Waals surface area (Å²) in [6.07, 6.45) is 0.959. The van der Waals surface area contributed by atoms with E-state index in [0.717, 1.165) is 36.5 Å². The van der Waals surface area contributed by atoms with Crippen molar-refractivity contribution in [2.75, 3.05) is 18.0 Å².